The van der Waals surface area contributed by atoms with Crippen LogP contribution in [0, 0.1) is 5.92 Å². The summed E-state index contributed by atoms with van der Waals surface area (Å²) in [7, 11) is 0. The molecule has 1 aliphatic carbocycles. The van der Waals surface area contributed by atoms with E-state index >= 15 is 0 Å². The minimum Gasteiger partial charge on any atom is -0.317 e. The van der Waals surface area contributed by atoms with E-state index in [1.54, 1.807) is 0 Å². The van der Waals surface area contributed by atoms with E-state index in [0.717, 1.165) is 5.92 Å². The number of piperidine rings is 1. The largest absolute Gasteiger partial charge is 0.317 e. The molecule has 2 nitrogen and oxygen atoms in total. The fourth-order valence-electron chi connectivity index (χ4n) is 3.81. The second-order valence-electron chi connectivity index (χ2n) is 5.82. The molecule has 1 N–H and O–H groups in total. The van der Waals surface area contributed by atoms with Gasteiger partial charge in [0.15, 0.2) is 0 Å². The summed E-state index contributed by atoms with van der Waals surface area (Å²) in [6, 6.07) is 0. The molecule has 0 unspecified atom stereocenters. The minimum absolute atomic E-state index is 0. The van der Waals surface area contributed by atoms with Crippen LogP contribution in [-0.2, 0) is 0 Å². The SMILES string of the molecule is C1CN(CC2CCNCC2)C2(C1)CCC2.Cl. The Morgan fingerprint density at radius 3 is 2.38 bits per heavy atom. The first-order valence-corrected chi connectivity index (χ1v) is 6.85. The number of nitrogens with one attached hydrogen (secondary N) is 1. The zero-order valence-electron chi connectivity index (χ0n) is 10.2. The van der Waals surface area contributed by atoms with Gasteiger partial charge in [0.05, 0.1) is 0 Å². The van der Waals surface area contributed by atoms with E-state index in [-0.39, 0.29) is 12.4 Å². The van der Waals surface area contributed by atoms with Gasteiger partial charge in [0.25, 0.3) is 0 Å². The highest BCUT2D eigenvalue weighted by molar-refractivity contribution is 5.85. The quantitative estimate of drug-likeness (QED) is 0.803. The molecule has 0 atom stereocenters. The summed E-state index contributed by atoms with van der Waals surface area (Å²) < 4.78 is 0. The van der Waals surface area contributed by atoms with Gasteiger partial charge in [-0.05, 0) is 70.5 Å². The molecule has 3 rings (SSSR count). The Kier molecular flexibility index (Phi) is 4.15. The normalized spacial score (nSPS) is 30.0. The van der Waals surface area contributed by atoms with Gasteiger partial charge in [0, 0.05) is 12.1 Å². The number of likely N-dealkylation sites (tertiary alicyclic amines) is 1. The van der Waals surface area contributed by atoms with Crippen LogP contribution >= 0.6 is 12.4 Å². The van der Waals surface area contributed by atoms with E-state index in [2.05, 4.69) is 10.2 Å². The lowest BCUT2D eigenvalue weighted by Crippen LogP contribution is -2.51. The number of hydrogen-bond donors (Lipinski definition) is 1. The molecule has 1 saturated carbocycles. The highest BCUT2D eigenvalue weighted by Gasteiger charge is 2.45. The van der Waals surface area contributed by atoms with E-state index < -0.39 is 0 Å². The van der Waals surface area contributed by atoms with Gasteiger partial charge in [-0.25, -0.2) is 0 Å². The third-order valence-electron chi connectivity index (χ3n) is 4.96. The summed E-state index contributed by atoms with van der Waals surface area (Å²) >= 11 is 0. The van der Waals surface area contributed by atoms with Crippen molar-refractivity contribution in [1.29, 1.82) is 0 Å². The van der Waals surface area contributed by atoms with Gasteiger partial charge in [0.2, 0.25) is 0 Å². The number of halogens is 1. The first-order chi connectivity index (χ1) is 7.39. The molecule has 2 heterocycles. The van der Waals surface area contributed by atoms with Gasteiger partial charge >= 0.3 is 0 Å². The smallest absolute Gasteiger partial charge is 0.0210 e. The summed E-state index contributed by atoms with van der Waals surface area (Å²) in [5, 5.41) is 3.47. The lowest BCUT2D eigenvalue weighted by Gasteiger charge is -2.47. The van der Waals surface area contributed by atoms with Crippen molar-refractivity contribution >= 4 is 12.4 Å². The Labute approximate surface area is 106 Å². The second-order valence-corrected chi connectivity index (χ2v) is 5.82. The molecule has 2 aliphatic heterocycles. The van der Waals surface area contributed by atoms with Crippen LogP contribution < -0.4 is 5.32 Å². The maximum Gasteiger partial charge on any atom is 0.0210 e. The van der Waals surface area contributed by atoms with E-state index in [1.165, 1.54) is 71.1 Å². The van der Waals surface area contributed by atoms with Crippen molar-refractivity contribution in [2.45, 2.75) is 50.5 Å². The van der Waals surface area contributed by atoms with Crippen molar-refractivity contribution in [1.82, 2.24) is 10.2 Å². The topological polar surface area (TPSA) is 15.3 Å². The van der Waals surface area contributed by atoms with Crippen LogP contribution in [0.2, 0.25) is 0 Å². The minimum atomic E-state index is 0. The lowest BCUT2D eigenvalue weighted by molar-refractivity contribution is 0.0387. The lowest BCUT2D eigenvalue weighted by atomic mass is 9.74. The summed E-state index contributed by atoms with van der Waals surface area (Å²) in [4.78, 5) is 2.85. The molecule has 3 fully saturated rings. The van der Waals surface area contributed by atoms with Crippen LogP contribution in [0.3, 0.4) is 0 Å². The fourth-order valence-corrected chi connectivity index (χ4v) is 3.81. The molecule has 2 saturated heterocycles. The Morgan fingerprint density at radius 2 is 1.75 bits per heavy atom. The van der Waals surface area contributed by atoms with Gasteiger partial charge in [-0.1, -0.05) is 0 Å². The standard InChI is InChI=1S/C13H24N2.ClH/c1-5-13(6-1)7-2-10-15(13)11-12-3-8-14-9-4-12;/h12,14H,1-11H2;1H. The van der Waals surface area contributed by atoms with E-state index in [9.17, 15) is 0 Å². The van der Waals surface area contributed by atoms with Crippen LogP contribution in [0.4, 0.5) is 0 Å². The molecule has 0 radical (unpaired) electrons. The molecule has 3 heteroatoms. The number of hydrogen-bond acceptors (Lipinski definition) is 2. The first kappa shape index (κ1) is 12.7. The van der Waals surface area contributed by atoms with Crippen LogP contribution in [-0.4, -0.2) is 36.6 Å². The third-order valence-corrected chi connectivity index (χ3v) is 4.96. The first-order valence-electron chi connectivity index (χ1n) is 6.85. The number of nitrogens with zero attached hydrogens (tertiary/aromatic N) is 1. The van der Waals surface area contributed by atoms with Crippen LogP contribution in [0.25, 0.3) is 0 Å². The summed E-state index contributed by atoms with van der Waals surface area (Å²) in [5.41, 5.74) is 0.699. The van der Waals surface area contributed by atoms with E-state index in [1.807, 2.05) is 0 Å². The summed E-state index contributed by atoms with van der Waals surface area (Å²) in [5.74, 6) is 0.988. The molecule has 0 aromatic rings. The van der Waals surface area contributed by atoms with Crippen molar-refractivity contribution in [3.05, 3.63) is 0 Å². The molecule has 1 spiro atoms. The Bertz CT molecular complexity index is 222. The van der Waals surface area contributed by atoms with Crippen molar-refractivity contribution in [2.24, 2.45) is 5.92 Å². The van der Waals surface area contributed by atoms with Gasteiger partial charge in [-0.3, -0.25) is 4.90 Å². The van der Waals surface area contributed by atoms with Gasteiger partial charge in [-0.15, -0.1) is 12.4 Å². The maximum atomic E-state index is 3.47. The molecule has 0 aromatic heterocycles. The summed E-state index contributed by atoms with van der Waals surface area (Å²) in [6.45, 7) is 5.31. The Morgan fingerprint density at radius 1 is 1.06 bits per heavy atom. The van der Waals surface area contributed by atoms with Gasteiger partial charge in [-0.2, -0.15) is 0 Å². The molecule has 0 aromatic carbocycles. The average molecular weight is 245 g/mol. The van der Waals surface area contributed by atoms with Gasteiger partial charge < -0.3 is 5.32 Å². The molecule has 3 aliphatic rings. The third kappa shape index (κ3) is 2.25. The zero-order valence-corrected chi connectivity index (χ0v) is 11.0. The van der Waals surface area contributed by atoms with E-state index in [4.69, 9.17) is 0 Å². The summed E-state index contributed by atoms with van der Waals surface area (Å²) in [6.07, 6.45) is 10.3. The Balaban J connectivity index is 0.000000963. The van der Waals surface area contributed by atoms with Crippen molar-refractivity contribution in [2.75, 3.05) is 26.2 Å². The highest BCUT2D eigenvalue weighted by Crippen LogP contribution is 2.45. The molecule has 16 heavy (non-hydrogen) atoms. The predicted octanol–water partition coefficient (Wildman–Crippen LogP) is 2.43. The molecule has 94 valence electrons. The van der Waals surface area contributed by atoms with Crippen molar-refractivity contribution in [3.63, 3.8) is 0 Å². The van der Waals surface area contributed by atoms with Crippen LogP contribution in [0.1, 0.15) is 44.9 Å². The van der Waals surface area contributed by atoms with Crippen molar-refractivity contribution < 1.29 is 0 Å². The van der Waals surface area contributed by atoms with Crippen LogP contribution in [0.15, 0.2) is 0 Å². The van der Waals surface area contributed by atoms with Crippen LogP contribution in [0.5, 0.6) is 0 Å². The van der Waals surface area contributed by atoms with E-state index in [0.29, 0.717) is 5.54 Å². The average Bonchev–Trinajstić information content (AvgIpc) is 2.62. The highest BCUT2D eigenvalue weighted by atomic mass is 35.5. The number of rotatable bonds is 2. The Hall–Kier alpha value is 0.210. The zero-order chi connectivity index (χ0) is 10.1. The molecule has 0 bridgehead atoms. The van der Waals surface area contributed by atoms with Gasteiger partial charge in [0.1, 0.15) is 0 Å². The molecule has 0 amide bonds. The molecular weight excluding hydrogens is 220 g/mol. The molecular formula is C13H25ClN2. The van der Waals surface area contributed by atoms with Crippen molar-refractivity contribution in [3.8, 4) is 0 Å². The predicted molar refractivity (Wildman–Crippen MR) is 70.2 cm³/mol. The monoisotopic (exact) mass is 244 g/mol. The maximum absolute atomic E-state index is 3.47. The second kappa shape index (κ2) is 5.24. The fraction of sp³-hybridized carbons (Fsp3) is 1.00.